The number of carbonyl (C=O) groups is 1. The van der Waals surface area contributed by atoms with E-state index in [2.05, 4.69) is 15.6 Å². The third kappa shape index (κ3) is 3.55. The second-order valence-corrected chi connectivity index (χ2v) is 5.26. The standard InChI is InChI=1S/C17H19N3O2/c1-2-22-16-6-4-3-5-15(16)20-17(21)12-9-14(11-18-10-12)19-13-7-8-13/h3-6,9-11,13,19H,2,7-8H2,1H3,(H,20,21). The van der Waals surface area contributed by atoms with Gasteiger partial charge in [-0.2, -0.15) is 0 Å². The van der Waals surface area contributed by atoms with E-state index in [0.29, 0.717) is 29.6 Å². The van der Waals surface area contributed by atoms with Crippen LogP contribution in [0.3, 0.4) is 0 Å². The van der Waals surface area contributed by atoms with Gasteiger partial charge in [0.05, 0.1) is 23.5 Å². The normalized spacial score (nSPS) is 13.5. The zero-order valence-corrected chi connectivity index (χ0v) is 12.5. The topological polar surface area (TPSA) is 63.2 Å². The summed E-state index contributed by atoms with van der Waals surface area (Å²) in [7, 11) is 0. The highest BCUT2D eigenvalue weighted by atomic mass is 16.5. The molecule has 1 fully saturated rings. The van der Waals surface area contributed by atoms with Gasteiger partial charge in [-0.3, -0.25) is 9.78 Å². The van der Waals surface area contributed by atoms with Crippen LogP contribution in [0.2, 0.25) is 0 Å². The largest absolute Gasteiger partial charge is 0.492 e. The first-order chi connectivity index (χ1) is 10.8. The number of benzene rings is 1. The summed E-state index contributed by atoms with van der Waals surface area (Å²) in [6.45, 7) is 2.46. The van der Waals surface area contributed by atoms with Gasteiger partial charge in [0.2, 0.25) is 0 Å². The fraction of sp³-hybridized carbons (Fsp3) is 0.294. The molecule has 0 bridgehead atoms. The average molecular weight is 297 g/mol. The van der Waals surface area contributed by atoms with Crippen molar-refractivity contribution in [3.8, 4) is 5.75 Å². The van der Waals surface area contributed by atoms with E-state index in [9.17, 15) is 4.79 Å². The number of carbonyl (C=O) groups excluding carboxylic acids is 1. The Labute approximate surface area is 129 Å². The summed E-state index contributed by atoms with van der Waals surface area (Å²) < 4.78 is 5.52. The molecule has 0 unspecified atom stereocenters. The van der Waals surface area contributed by atoms with Crippen LogP contribution in [0.1, 0.15) is 30.1 Å². The number of rotatable bonds is 6. The number of para-hydroxylation sites is 2. The highest BCUT2D eigenvalue weighted by Gasteiger charge is 2.21. The Hall–Kier alpha value is -2.56. The maximum Gasteiger partial charge on any atom is 0.257 e. The second kappa shape index (κ2) is 6.47. The third-order valence-corrected chi connectivity index (χ3v) is 3.38. The minimum Gasteiger partial charge on any atom is -0.492 e. The Bertz CT molecular complexity index is 668. The maximum atomic E-state index is 12.4. The van der Waals surface area contributed by atoms with E-state index < -0.39 is 0 Å². The Balaban J connectivity index is 1.73. The quantitative estimate of drug-likeness (QED) is 0.858. The molecule has 0 radical (unpaired) electrons. The molecule has 2 N–H and O–H groups in total. The van der Waals surface area contributed by atoms with Crippen molar-refractivity contribution in [3.63, 3.8) is 0 Å². The number of hydrogen-bond acceptors (Lipinski definition) is 4. The molecule has 5 nitrogen and oxygen atoms in total. The number of ether oxygens (including phenoxy) is 1. The van der Waals surface area contributed by atoms with E-state index in [1.165, 1.54) is 12.8 Å². The van der Waals surface area contributed by atoms with E-state index in [4.69, 9.17) is 4.74 Å². The van der Waals surface area contributed by atoms with Crippen molar-refractivity contribution in [1.82, 2.24) is 4.98 Å². The first-order valence-corrected chi connectivity index (χ1v) is 7.51. The van der Waals surface area contributed by atoms with E-state index in [-0.39, 0.29) is 5.91 Å². The minimum absolute atomic E-state index is 0.195. The molecule has 0 saturated heterocycles. The molecule has 0 atom stereocenters. The summed E-state index contributed by atoms with van der Waals surface area (Å²) in [6.07, 6.45) is 5.66. The lowest BCUT2D eigenvalue weighted by Gasteiger charge is -2.11. The monoisotopic (exact) mass is 297 g/mol. The fourth-order valence-electron chi connectivity index (χ4n) is 2.15. The molecule has 1 saturated carbocycles. The summed E-state index contributed by atoms with van der Waals surface area (Å²) >= 11 is 0. The zero-order valence-electron chi connectivity index (χ0n) is 12.5. The van der Waals surface area contributed by atoms with Gasteiger partial charge in [-0.05, 0) is 38.0 Å². The van der Waals surface area contributed by atoms with Crippen molar-refractivity contribution in [2.24, 2.45) is 0 Å². The van der Waals surface area contributed by atoms with Gasteiger partial charge in [0.15, 0.2) is 0 Å². The SMILES string of the molecule is CCOc1ccccc1NC(=O)c1cncc(NC2CC2)c1. The highest BCUT2D eigenvalue weighted by molar-refractivity contribution is 6.05. The number of hydrogen-bond donors (Lipinski definition) is 2. The molecule has 1 aromatic carbocycles. The average Bonchev–Trinajstić information content (AvgIpc) is 3.34. The molecular formula is C17H19N3O2. The number of anilines is 2. The van der Waals surface area contributed by atoms with E-state index in [0.717, 1.165) is 5.69 Å². The lowest BCUT2D eigenvalue weighted by Crippen LogP contribution is -2.14. The van der Waals surface area contributed by atoms with Crippen molar-refractivity contribution in [1.29, 1.82) is 0 Å². The van der Waals surface area contributed by atoms with Crippen LogP contribution < -0.4 is 15.4 Å². The molecule has 1 heterocycles. The third-order valence-electron chi connectivity index (χ3n) is 3.38. The molecular weight excluding hydrogens is 278 g/mol. The van der Waals surface area contributed by atoms with E-state index >= 15 is 0 Å². The predicted molar refractivity (Wildman–Crippen MR) is 86.4 cm³/mol. The number of aromatic nitrogens is 1. The van der Waals surface area contributed by atoms with Gasteiger partial charge in [-0.25, -0.2) is 0 Å². The molecule has 1 aliphatic carbocycles. The van der Waals surface area contributed by atoms with Crippen LogP contribution in [0, 0.1) is 0 Å². The molecule has 3 rings (SSSR count). The van der Waals surface area contributed by atoms with Crippen molar-refractivity contribution in [2.45, 2.75) is 25.8 Å². The molecule has 22 heavy (non-hydrogen) atoms. The summed E-state index contributed by atoms with van der Waals surface area (Å²) in [5.74, 6) is 0.470. The lowest BCUT2D eigenvalue weighted by atomic mass is 10.2. The second-order valence-electron chi connectivity index (χ2n) is 5.26. The number of pyridine rings is 1. The van der Waals surface area contributed by atoms with Crippen molar-refractivity contribution in [2.75, 3.05) is 17.2 Å². The predicted octanol–water partition coefficient (Wildman–Crippen LogP) is 3.31. The summed E-state index contributed by atoms with van der Waals surface area (Å²) in [4.78, 5) is 16.5. The zero-order chi connectivity index (χ0) is 15.4. The molecule has 0 spiro atoms. The van der Waals surface area contributed by atoms with Gasteiger partial charge in [-0.1, -0.05) is 12.1 Å². The fourth-order valence-corrected chi connectivity index (χ4v) is 2.15. The van der Waals surface area contributed by atoms with Gasteiger partial charge < -0.3 is 15.4 Å². The van der Waals surface area contributed by atoms with Crippen LogP contribution in [0.25, 0.3) is 0 Å². The Morgan fingerprint density at radius 3 is 2.91 bits per heavy atom. The highest BCUT2D eigenvalue weighted by Crippen LogP contribution is 2.26. The smallest absolute Gasteiger partial charge is 0.257 e. The van der Waals surface area contributed by atoms with Gasteiger partial charge in [0.25, 0.3) is 5.91 Å². The molecule has 1 aliphatic rings. The van der Waals surface area contributed by atoms with E-state index in [1.807, 2.05) is 37.3 Å². The molecule has 0 aliphatic heterocycles. The van der Waals surface area contributed by atoms with E-state index in [1.54, 1.807) is 12.4 Å². The molecule has 114 valence electrons. The summed E-state index contributed by atoms with van der Waals surface area (Å²) in [5, 5.41) is 6.22. The number of nitrogens with one attached hydrogen (secondary N) is 2. The Morgan fingerprint density at radius 2 is 2.14 bits per heavy atom. The number of amides is 1. The van der Waals surface area contributed by atoms with Crippen LogP contribution >= 0.6 is 0 Å². The molecule has 2 aromatic rings. The summed E-state index contributed by atoms with van der Waals surface area (Å²) in [6, 6.07) is 9.75. The molecule has 5 heteroatoms. The first-order valence-electron chi connectivity index (χ1n) is 7.51. The van der Waals surface area contributed by atoms with Gasteiger partial charge >= 0.3 is 0 Å². The minimum atomic E-state index is -0.195. The van der Waals surface area contributed by atoms with Crippen molar-refractivity contribution >= 4 is 17.3 Å². The molecule has 1 amide bonds. The van der Waals surface area contributed by atoms with Gasteiger partial charge in [-0.15, -0.1) is 0 Å². The van der Waals surface area contributed by atoms with Crippen LogP contribution in [-0.2, 0) is 0 Å². The lowest BCUT2D eigenvalue weighted by molar-refractivity contribution is 0.102. The van der Waals surface area contributed by atoms with Crippen molar-refractivity contribution in [3.05, 3.63) is 48.3 Å². The maximum absolute atomic E-state index is 12.4. The van der Waals surface area contributed by atoms with Gasteiger partial charge in [0.1, 0.15) is 5.75 Å². The van der Waals surface area contributed by atoms with Crippen LogP contribution in [0.5, 0.6) is 5.75 Å². The first kappa shape index (κ1) is 14.4. The van der Waals surface area contributed by atoms with Gasteiger partial charge in [0, 0.05) is 18.4 Å². The Kier molecular flexibility index (Phi) is 4.23. The summed E-state index contributed by atoms with van der Waals surface area (Å²) in [5.41, 5.74) is 2.07. The Morgan fingerprint density at radius 1 is 1.32 bits per heavy atom. The molecule has 1 aromatic heterocycles. The van der Waals surface area contributed by atoms with Crippen LogP contribution in [0.15, 0.2) is 42.7 Å². The van der Waals surface area contributed by atoms with Crippen molar-refractivity contribution < 1.29 is 9.53 Å². The van der Waals surface area contributed by atoms with Crippen LogP contribution in [-0.4, -0.2) is 23.5 Å². The van der Waals surface area contributed by atoms with Crippen LogP contribution in [0.4, 0.5) is 11.4 Å². The number of nitrogens with zero attached hydrogens (tertiary/aromatic N) is 1.